The molecule has 0 radical (unpaired) electrons. The maximum absolute atomic E-state index is 5.42. The van der Waals surface area contributed by atoms with Crippen LogP contribution in [0.3, 0.4) is 0 Å². The summed E-state index contributed by atoms with van der Waals surface area (Å²) < 4.78 is 4.41. The largest absolute Gasteiger partial charge is 2.00 e. The number of nitrogens with zero attached hydrogens (tertiary/aromatic N) is 4. The van der Waals surface area contributed by atoms with Gasteiger partial charge in [-0.2, -0.15) is 24.3 Å². The predicted octanol–water partition coefficient (Wildman–Crippen LogP) is 8.55. The Hall–Kier alpha value is -4.53. The fourth-order valence-electron chi connectivity index (χ4n) is 5.83. The molecule has 0 saturated carbocycles. The maximum atomic E-state index is 5.42. The second-order valence-electron chi connectivity index (χ2n) is 10.3. The van der Waals surface area contributed by atoms with Crippen LogP contribution in [0.1, 0.15) is 11.1 Å². The molecule has 4 heterocycles. The van der Waals surface area contributed by atoms with Gasteiger partial charge in [0.25, 0.3) is 0 Å². The van der Waals surface area contributed by atoms with E-state index in [0.717, 1.165) is 55.9 Å². The van der Waals surface area contributed by atoms with E-state index in [9.17, 15) is 0 Å². The van der Waals surface area contributed by atoms with Gasteiger partial charge in [0.1, 0.15) is 17.1 Å². The van der Waals surface area contributed by atoms with Gasteiger partial charge in [0.15, 0.2) is 0 Å². The van der Waals surface area contributed by atoms with Crippen molar-refractivity contribution in [3.63, 3.8) is 0 Å². The molecule has 0 atom stereocenters. The van der Waals surface area contributed by atoms with Crippen molar-refractivity contribution in [3.8, 4) is 22.8 Å². The van der Waals surface area contributed by atoms with Gasteiger partial charge in [-0.3, -0.25) is 9.55 Å². The van der Waals surface area contributed by atoms with Crippen LogP contribution in [0.5, 0.6) is 0 Å². The number of aryl methyl sites for hydroxylation is 2. The molecule has 0 spiro atoms. The molecule has 4 aromatic carbocycles. The molecule has 8 rings (SSSR count). The van der Waals surface area contributed by atoms with Gasteiger partial charge in [-0.25, -0.2) is 4.98 Å². The Labute approximate surface area is 252 Å². The van der Waals surface area contributed by atoms with Gasteiger partial charge < -0.3 is 4.57 Å². The van der Waals surface area contributed by atoms with Crippen LogP contribution in [-0.2, 0) is 21.1 Å². The summed E-state index contributed by atoms with van der Waals surface area (Å²) >= 11 is 0. The molecule has 198 valence electrons. The van der Waals surface area contributed by atoms with Crippen LogP contribution in [-0.4, -0.2) is 19.1 Å². The molecule has 0 aliphatic rings. The van der Waals surface area contributed by atoms with E-state index in [1.807, 2.05) is 48.5 Å². The minimum Gasteiger partial charge on any atom is -0.318 e. The first kappa shape index (κ1) is 25.4. The van der Waals surface area contributed by atoms with E-state index in [0.29, 0.717) is 0 Å². The summed E-state index contributed by atoms with van der Waals surface area (Å²) in [6.07, 6.45) is 0. The van der Waals surface area contributed by atoms with E-state index >= 15 is 0 Å². The Bertz CT molecular complexity index is 2230. The molecule has 0 amide bonds. The molecule has 0 bridgehead atoms. The van der Waals surface area contributed by atoms with Crippen LogP contribution in [0, 0.1) is 26.0 Å². The summed E-state index contributed by atoms with van der Waals surface area (Å²) in [5.74, 6) is 0.829. The first-order chi connectivity index (χ1) is 19.7. The van der Waals surface area contributed by atoms with Gasteiger partial charge in [-0.15, -0.1) is 42.0 Å². The van der Waals surface area contributed by atoms with E-state index in [-0.39, 0.29) is 21.1 Å². The standard InChI is InChI=1S/C36H24N4.Pt/c1-23-16-18-32-27(20-23)29-22-30-28-21-24(2)17-19-33(28)40(34-15-9-14-31(37-34)25-10-5-3-6-11-25)36(30)38-35(29)39(32)26-12-7-4-8-13-26;/h3-10,12,14-22H,1-2H3;/q-2;+2. The van der Waals surface area contributed by atoms with E-state index in [1.165, 1.54) is 21.9 Å². The molecule has 4 aromatic heterocycles. The van der Waals surface area contributed by atoms with Gasteiger partial charge in [0, 0.05) is 21.5 Å². The molecule has 0 saturated heterocycles. The van der Waals surface area contributed by atoms with Gasteiger partial charge >= 0.3 is 21.1 Å². The number of hydrogen-bond donors (Lipinski definition) is 0. The van der Waals surface area contributed by atoms with Crippen molar-refractivity contribution in [1.82, 2.24) is 19.1 Å². The zero-order chi connectivity index (χ0) is 26.8. The van der Waals surface area contributed by atoms with E-state index < -0.39 is 0 Å². The molecule has 5 heteroatoms. The monoisotopic (exact) mass is 707 g/mol. The Morgan fingerprint density at radius 2 is 1.22 bits per heavy atom. The van der Waals surface area contributed by atoms with Crippen molar-refractivity contribution in [3.05, 3.63) is 132 Å². The van der Waals surface area contributed by atoms with Crippen molar-refractivity contribution in [1.29, 1.82) is 0 Å². The summed E-state index contributed by atoms with van der Waals surface area (Å²) in [6, 6.07) is 44.4. The molecular weight excluding hydrogens is 684 g/mol. The number of fused-ring (bicyclic) bond motifs is 6. The normalized spacial score (nSPS) is 11.5. The zero-order valence-electron chi connectivity index (χ0n) is 22.5. The summed E-state index contributed by atoms with van der Waals surface area (Å²) in [7, 11) is 0. The van der Waals surface area contributed by atoms with Gasteiger partial charge in [-0.05, 0) is 55.9 Å². The number of benzene rings is 4. The first-order valence-electron chi connectivity index (χ1n) is 13.4. The zero-order valence-corrected chi connectivity index (χ0v) is 24.8. The van der Waals surface area contributed by atoms with E-state index in [2.05, 4.69) is 95.8 Å². The fraction of sp³-hybridized carbons (Fsp3) is 0.0556. The molecule has 41 heavy (non-hydrogen) atoms. The second kappa shape index (κ2) is 9.83. The molecular formula is C36H24N4Pt. The van der Waals surface area contributed by atoms with Crippen molar-refractivity contribution >= 4 is 43.9 Å². The number of hydrogen-bond acceptors (Lipinski definition) is 2. The van der Waals surface area contributed by atoms with E-state index in [4.69, 9.17) is 9.97 Å². The Morgan fingerprint density at radius 1 is 0.561 bits per heavy atom. The van der Waals surface area contributed by atoms with E-state index in [1.54, 1.807) is 0 Å². The number of para-hydroxylation sites is 1. The molecule has 0 N–H and O–H groups in total. The number of aromatic nitrogens is 4. The number of rotatable bonds is 3. The maximum Gasteiger partial charge on any atom is 2.00 e. The fourth-order valence-corrected chi connectivity index (χ4v) is 5.83. The topological polar surface area (TPSA) is 35.6 Å². The van der Waals surface area contributed by atoms with Gasteiger partial charge in [0.2, 0.25) is 0 Å². The SMILES string of the molecule is Cc1ccc2c(c1)c1cc3c4cc(C)ccc4n(-c4cccc(-c5[c-]cccc5)n4)c3nc1n2-c1[c-]cccc1.[Pt+2]. The predicted molar refractivity (Wildman–Crippen MR) is 163 cm³/mol. The smallest absolute Gasteiger partial charge is 0.318 e. The third kappa shape index (κ3) is 4.02. The van der Waals surface area contributed by atoms with Crippen LogP contribution >= 0.6 is 0 Å². The van der Waals surface area contributed by atoms with Crippen molar-refractivity contribution in [2.45, 2.75) is 13.8 Å². The second-order valence-corrected chi connectivity index (χ2v) is 10.3. The Balaban J connectivity index is 0.00000276. The van der Waals surface area contributed by atoms with Crippen LogP contribution in [0.4, 0.5) is 0 Å². The van der Waals surface area contributed by atoms with Gasteiger partial charge in [-0.1, -0.05) is 41.1 Å². The first-order valence-corrected chi connectivity index (χ1v) is 13.4. The van der Waals surface area contributed by atoms with Crippen molar-refractivity contribution < 1.29 is 21.1 Å². The molecule has 4 nitrogen and oxygen atoms in total. The molecule has 0 unspecified atom stereocenters. The summed E-state index contributed by atoms with van der Waals surface area (Å²) in [4.78, 5) is 10.5. The average molecular weight is 708 g/mol. The quantitative estimate of drug-likeness (QED) is 0.173. The summed E-state index contributed by atoms with van der Waals surface area (Å²) in [5.41, 5.74) is 9.24. The number of pyridine rings is 2. The molecule has 8 aromatic rings. The van der Waals surface area contributed by atoms with Crippen LogP contribution in [0.15, 0.2) is 109 Å². The minimum atomic E-state index is 0. The third-order valence-corrected chi connectivity index (χ3v) is 7.65. The molecule has 0 fully saturated rings. The Morgan fingerprint density at radius 3 is 1.88 bits per heavy atom. The van der Waals surface area contributed by atoms with Crippen LogP contribution in [0.2, 0.25) is 0 Å². The van der Waals surface area contributed by atoms with Gasteiger partial charge in [0.05, 0.1) is 11.0 Å². The summed E-state index contributed by atoms with van der Waals surface area (Å²) in [5, 5.41) is 4.60. The van der Waals surface area contributed by atoms with Crippen molar-refractivity contribution in [2.75, 3.05) is 0 Å². The average Bonchev–Trinajstić information content (AvgIpc) is 3.48. The summed E-state index contributed by atoms with van der Waals surface area (Å²) in [6.45, 7) is 4.28. The van der Waals surface area contributed by atoms with Crippen LogP contribution in [0.25, 0.3) is 66.6 Å². The van der Waals surface area contributed by atoms with Crippen LogP contribution < -0.4 is 0 Å². The molecule has 0 aliphatic heterocycles. The Kier molecular flexibility index (Phi) is 6.10. The third-order valence-electron chi connectivity index (χ3n) is 7.65. The minimum absolute atomic E-state index is 0. The van der Waals surface area contributed by atoms with Crippen molar-refractivity contribution in [2.24, 2.45) is 0 Å². The molecule has 0 aliphatic carbocycles.